The fourth-order valence-electron chi connectivity index (χ4n) is 4.54. The highest BCUT2D eigenvalue weighted by Crippen LogP contribution is 2.62. The molecule has 3 heteroatoms. The van der Waals surface area contributed by atoms with Crippen molar-refractivity contribution in [2.24, 2.45) is 16.7 Å². The zero-order valence-electron chi connectivity index (χ0n) is 11.2. The number of rotatable bonds is 1. The van der Waals surface area contributed by atoms with Gasteiger partial charge in [0.15, 0.2) is 0 Å². The first-order valence-electron chi connectivity index (χ1n) is 7.03. The van der Waals surface area contributed by atoms with Crippen molar-refractivity contribution in [3.05, 3.63) is 11.6 Å². The van der Waals surface area contributed by atoms with Gasteiger partial charge >= 0.3 is 5.97 Å². The fraction of sp³-hybridized carbons (Fsp3) is 0.800. The first-order chi connectivity index (χ1) is 8.53. The summed E-state index contributed by atoms with van der Waals surface area (Å²) in [6, 6.07) is 0. The van der Waals surface area contributed by atoms with Crippen LogP contribution in [-0.4, -0.2) is 23.8 Å². The van der Waals surface area contributed by atoms with E-state index in [2.05, 4.69) is 19.9 Å². The number of aliphatic hydroxyl groups excluding tert-OH is 1. The van der Waals surface area contributed by atoms with Gasteiger partial charge in [-0.25, -0.2) is 0 Å². The molecule has 0 radical (unpaired) electrons. The number of esters is 1. The zero-order chi connectivity index (χ0) is 13.0. The second kappa shape index (κ2) is 3.83. The lowest BCUT2D eigenvalue weighted by molar-refractivity contribution is -0.200. The first kappa shape index (κ1) is 12.2. The number of allylic oxidation sites excluding steroid dienone is 1. The lowest BCUT2D eigenvalue weighted by atomic mass is 9.55. The van der Waals surface area contributed by atoms with Crippen molar-refractivity contribution in [1.82, 2.24) is 0 Å². The van der Waals surface area contributed by atoms with Crippen LogP contribution in [0.15, 0.2) is 11.6 Å². The molecule has 0 bridgehead atoms. The molecule has 3 aliphatic rings. The predicted molar refractivity (Wildman–Crippen MR) is 67.8 cm³/mol. The lowest BCUT2D eigenvalue weighted by Crippen LogP contribution is -2.58. The lowest BCUT2D eigenvalue weighted by Gasteiger charge is -2.53. The molecule has 1 aliphatic heterocycles. The van der Waals surface area contributed by atoms with E-state index in [0.29, 0.717) is 5.92 Å². The molecule has 0 aromatic carbocycles. The third kappa shape index (κ3) is 1.31. The van der Waals surface area contributed by atoms with Gasteiger partial charge in [-0.15, -0.1) is 0 Å². The highest BCUT2D eigenvalue weighted by molar-refractivity contribution is 5.80. The van der Waals surface area contributed by atoms with E-state index in [-0.39, 0.29) is 24.1 Å². The van der Waals surface area contributed by atoms with Crippen molar-refractivity contribution in [2.45, 2.75) is 52.1 Å². The highest BCUT2D eigenvalue weighted by Gasteiger charge is 2.65. The highest BCUT2D eigenvalue weighted by atomic mass is 16.5. The predicted octanol–water partition coefficient (Wildman–Crippen LogP) is 2.44. The Kier molecular flexibility index (Phi) is 2.60. The summed E-state index contributed by atoms with van der Waals surface area (Å²) in [5.41, 5.74) is 0.605. The summed E-state index contributed by atoms with van der Waals surface area (Å²) >= 11 is 0. The maximum atomic E-state index is 12.4. The van der Waals surface area contributed by atoms with Crippen LogP contribution >= 0.6 is 0 Å². The number of fused-ring (bicyclic) bond motifs is 3. The average Bonchev–Trinajstić information content (AvgIpc) is 2.68. The summed E-state index contributed by atoms with van der Waals surface area (Å²) in [5, 5.41) is 9.81. The molecule has 2 aliphatic carbocycles. The summed E-state index contributed by atoms with van der Waals surface area (Å²) in [5.74, 6) is 0.214. The molecule has 3 nitrogen and oxygen atoms in total. The van der Waals surface area contributed by atoms with E-state index in [9.17, 15) is 9.90 Å². The second-order valence-electron chi connectivity index (χ2n) is 6.54. The van der Waals surface area contributed by atoms with Crippen LogP contribution in [0.5, 0.6) is 0 Å². The standard InChI is InChI=1S/C15H22O3/c1-10-4-5-11-12(8-10)18-13(17)15(9-16)7-3-6-14(11,15)2/h8,11-12,16H,3-7,9H2,1-2H3/t11-,12+,14-,15-/m1/s1. The molecular formula is C15H22O3. The molecule has 0 unspecified atom stereocenters. The van der Waals surface area contributed by atoms with Crippen LogP contribution in [0.1, 0.15) is 46.0 Å². The Hall–Kier alpha value is -0.830. The van der Waals surface area contributed by atoms with Gasteiger partial charge in [0, 0.05) is 5.92 Å². The number of ether oxygens (including phenoxy) is 1. The Labute approximate surface area is 108 Å². The van der Waals surface area contributed by atoms with E-state index in [1.807, 2.05) is 0 Å². The van der Waals surface area contributed by atoms with Crippen LogP contribution in [0.25, 0.3) is 0 Å². The Bertz CT molecular complexity index is 414. The minimum Gasteiger partial charge on any atom is -0.457 e. The third-order valence-electron chi connectivity index (χ3n) is 5.81. The molecule has 1 saturated carbocycles. The molecule has 1 N–H and O–H groups in total. The summed E-state index contributed by atoms with van der Waals surface area (Å²) in [6.45, 7) is 4.24. The summed E-state index contributed by atoms with van der Waals surface area (Å²) in [7, 11) is 0. The van der Waals surface area contributed by atoms with Crippen LogP contribution in [0.4, 0.5) is 0 Å². The Morgan fingerprint density at radius 1 is 1.50 bits per heavy atom. The SMILES string of the molecule is CC1=C[C@@H]2OC(=O)[C@]3(CO)CCC[C@]3(C)[C@@H]2CC1. The summed E-state index contributed by atoms with van der Waals surface area (Å²) in [6.07, 6.45) is 7.08. The fourth-order valence-corrected chi connectivity index (χ4v) is 4.54. The molecular weight excluding hydrogens is 228 g/mol. The first-order valence-corrected chi connectivity index (χ1v) is 7.03. The quantitative estimate of drug-likeness (QED) is 0.574. The van der Waals surface area contributed by atoms with Crippen molar-refractivity contribution in [3.63, 3.8) is 0 Å². The minimum absolute atomic E-state index is 0.0611. The molecule has 1 heterocycles. The smallest absolute Gasteiger partial charge is 0.315 e. The van der Waals surface area contributed by atoms with E-state index >= 15 is 0 Å². The number of carbonyl (C=O) groups excluding carboxylic acids is 1. The summed E-state index contributed by atoms with van der Waals surface area (Å²) < 4.78 is 5.66. The molecule has 0 aromatic rings. The maximum Gasteiger partial charge on any atom is 0.315 e. The van der Waals surface area contributed by atoms with Gasteiger partial charge < -0.3 is 9.84 Å². The number of hydrogen-bond acceptors (Lipinski definition) is 3. The Balaban J connectivity index is 2.05. The normalized spacial score (nSPS) is 47.1. The monoisotopic (exact) mass is 250 g/mol. The van der Waals surface area contributed by atoms with Gasteiger partial charge in [0.1, 0.15) is 6.10 Å². The van der Waals surface area contributed by atoms with Gasteiger partial charge in [-0.05, 0) is 44.1 Å². The molecule has 3 rings (SSSR count). The molecule has 0 amide bonds. The van der Waals surface area contributed by atoms with Crippen LogP contribution in [0.3, 0.4) is 0 Å². The van der Waals surface area contributed by atoms with E-state index in [1.165, 1.54) is 5.57 Å². The van der Waals surface area contributed by atoms with Crippen molar-refractivity contribution in [2.75, 3.05) is 6.61 Å². The van der Waals surface area contributed by atoms with E-state index in [4.69, 9.17) is 4.74 Å². The Morgan fingerprint density at radius 2 is 2.28 bits per heavy atom. The Morgan fingerprint density at radius 3 is 3.00 bits per heavy atom. The van der Waals surface area contributed by atoms with Gasteiger partial charge in [0.05, 0.1) is 12.0 Å². The zero-order valence-corrected chi connectivity index (χ0v) is 11.2. The van der Waals surface area contributed by atoms with Gasteiger partial charge in [-0.1, -0.05) is 18.9 Å². The molecule has 1 saturated heterocycles. The van der Waals surface area contributed by atoms with E-state index in [0.717, 1.165) is 32.1 Å². The number of carbonyl (C=O) groups is 1. The van der Waals surface area contributed by atoms with E-state index < -0.39 is 5.41 Å². The third-order valence-corrected chi connectivity index (χ3v) is 5.81. The van der Waals surface area contributed by atoms with E-state index in [1.54, 1.807) is 0 Å². The molecule has 4 atom stereocenters. The molecule has 100 valence electrons. The number of aliphatic hydroxyl groups is 1. The molecule has 18 heavy (non-hydrogen) atoms. The van der Waals surface area contributed by atoms with Gasteiger partial charge in [-0.2, -0.15) is 0 Å². The van der Waals surface area contributed by atoms with Crippen LogP contribution in [0.2, 0.25) is 0 Å². The molecule has 0 aromatic heterocycles. The van der Waals surface area contributed by atoms with Crippen molar-refractivity contribution < 1.29 is 14.6 Å². The van der Waals surface area contributed by atoms with Crippen molar-refractivity contribution in [1.29, 1.82) is 0 Å². The minimum atomic E-state index is -0.632. The van der Waals surface area contributed by atoms with Gasteiger partial charge in [-0.3, -0.25) is 4.79 Å². The second-order valence-corrected chi connectivity index (χ2v) is 6.54. The topological polar surface area (TPSA) is 46.5 Å². The largest absolute Gasteiger partial charge is 0.457 e. The van der Waals surface area contributed by atoms with Crippen LogP contribution in [-0.2, 0) is 9.53 Å². The maximum absolute atomic E-state index is 12.4. The van der Waals surface area contributed by atoms with Crippen molar-refractivity contribution >= 4 is 5.97 Å². The van der Waals surface area contributed by atoms with Crippen LogP contribution < -0.4 is 0 Å². The van der Waals surface area contributed by atoms with Crippen molar-refractivity contribution in [3.8, 4) is 0 Å². The molecule has 0 spiro atoms. The average molecular weight is 250 g/mol. The molecule has 2 fully saturated rings. The van der Waals surface area contributed by atoms with Gasteiger partial charge in [0.2, 0.25) is 0 Å². The summed E-state index contributed by atoms with van der Waals surface area (Å²) in [4.78, 5) is 12.4. The van der Waals surface area contributed by atoms with Gasteiger partial charge in [0.25, 0.3) is 0 Å². The number of hydrogen-bond donors (Lipinski definition) is 1. The van der Waals surface area contributed by atoms with Crippen LogP contribution in [0, 0.1) is 16.7 Å².